The summed E-state index contributed by atoms with van der Waals surface area (Å²) in [5.41, 5.74) is 1.10. The van der Waals surface area contributed by atoms with Crippen LogP contribution in [0.2, 0.25) is 5.02 Å². The van der Waals surface area contributed by atoms with Crippen LogP contribution >= 0.6 is 35.6 Å². The summed E-state index contributed by atoms with van der Waals surface area (Å²) in [7, 11) is -1.63. The van der Waals surface area contributed by atoms with E-state index in [1.807, 2.05) is 19.1 Å². The molecule has 0 bridgehead atoms. The van der Waals surface area contributed by atoms with Gasteiger partial charge in [-0.2, -0.15) is 0 Å². The Morgan fingerprint density at radius 2 is 1.90 bits per heavy atom. The van der Waals surface area contributed by atoms with Gasteiger partial charge in [0.25, 0.3) is 0 Å². The fourth-order valence-electron chi connectivity index (χ4n) is 2.62. The van der Waals surface area contributed by atoms with Crippen molar-refractivity contribution in [1.29, 1.82) is 0 Å². The molecule has 0 fully saturated rings. The molecule has 0 saturated carbocycles. The molecule has 0 aliphatic carbocycles. The van der Waals surface area contributed by atoms with Gasteiger partial charge in [0, 0.05) is 19.8 Å². The number of sulfone groups is 1. The predicted octanol–water partition coefficient (Wildman–Crippen LogP) is 3.77. The maximum absolute atomic E-state index is 13.6. The molecule has 0 amide bonds. The summed E-state index contributed by atoms with van der Waals surface area (Å²) in [5, 5.41) is 6.72. The van der Waals surface area contributed by atoms with Crippen molar-refractivity contribution in [1.82, 2.24) is 10.6 Å². The van der Waals surface area contributed by atoms with Gasteiger partial charge in [-0.15, -0.1) is 24.0 Å². The number of benzene rings is 2. The summed E-state index contributed by atoms with van der Waals surface area (Å²) in [6.45, 7) is 2.56. The number of hydrogen-bond donors (Lipinski definition) is 2. The van der Waals surface area contributed by atoms with Crippen LogP contribution in [0.4, 0.5) is 4.39 Å². The number of para-hydroxylation sites is 1. The van der Waals surface area contributed by atoms with Gasteiger partial charge < -0.3 is 15.4 Å². The zero-order chi connectivity index (χ0) is 21.4. The number of ether oxygens (including phenoxy) is 1. The molecule has 166 valence electrons. The summed E-state index contributed by atoms with van der Waals surface area (Å²) in [6.07, 6.45) is 0.956. The second kappa shape index (κ2) is 12.3. The van der Waals surface area contributed by atoms with Crippen molar-refractivity contribution in [2.24, 2.45) is 4.99 Å². The highest BCUT2D eigenvalue weighted by molar-refractivity contribution is 14.0. The van der Waals surface area contributed by atoms with Crippen molar-refractivity contribution in [3.05, 3.63) is 64.4 Å². The number of aliphatic imine (C=N–C) groups is 1. The Hall–Kier alpha value is -1.59. The van der Waals surface area contributed by atoms with Crippen LogP contribution in [0.5, 0.6) is 5.75 Å². The Bertz CT molecular complexity index is 974. The standard InChI is InChI=1S/C20H25ClFN3O3S.HI/c1-14(28-19-7-5-4-6-18(19)21)11-24-20(23-2)25-12-16-10-17(22)9-8-15(16)13-29(3,26)27;/h4-10,14H,11-13H2,1-3H3,(H2,23,24,25);1H. The van der Waals surface area contributed by atoms with Crippen LogP contribution in [-0.4, -0.2) is 40.3 Å². The molecule has 30 heavy (non-hydrogen) atoms. The number of hydrogen-bond acceptors (Lipinski definition) is 4. The van der Waals surface area contributed by atoms with E-state index in [-0.39, 0.29) is 42.4 Å². The molecule has 2 aromatic carbocycles. The highest BCUT2D eigenvalue weighted by Gasteiger charge is 2.12. The van der Waals surface area contributed by atoms with Gasteiger partial charge in [-0.1, -0.05) is 29.8 Å². The van der Waals surface area contributed by atoms with Crippen molar-refractivity contribution in [2.45, 2.75) is 25.3 Å². The normalized spacial score (nSPS) is 12.6. The Balaban J connectivity index is 0.00000450. The van der Waals surface area contributed by atoms with E-state index in [0.717, 1.165) is 6.26 Å². The van der Waals surface area contributed by atoms with Crippen molar-refractivity contribution in [2.75, 3.05) is 19.8 Å². The molecule has 1 atom stereocenters. The van der Waals surface area contributed by atoms with Crippen molar-refractivity contribution < 1.29 is 17.5 Å². The maximum Gasteiger partial charge on any atom is 0.191 e. The molecule has 0 saturated heterocycles. The maximum atomic E-state index is 13.6. The Labute approximate surface area is 199 Å². The SMILES string of the molecule is CN=C(NCc1cc(F)ccc1CS(C)(=O)=O)NCC(C)Oc1ccccc1Cl.I. The quantitative estimate of drug-likeness (QED) is 0.287. The molecule has 10 heteroatoms. The molecule has 0 aliphatic heterocycles. The number of nitrogens with zero attached hydrogens (tertiary/aromatic N) is 1. The average molecular weight is 570 g/mol. The number of halogens is 3. The minimum absolute atomic E-state index is 0. The first-order valence-electron chi connectivity index (χ1n) is 8.98. The Morgan fingerprint density at radius 3 is 2.53 bits per heavy atom. The van der Waals surface area contributed by atoms with Crippen LogP contribution < -0.4 is 15.4 Å². The van der Waals surface area contributed by atoms with Gasteiger partial charge in [-0.3, -0.25) is 4.99 Å². The van der Waals surface area contributed by atoms with Gasteiger partial charge >= 0.3 is 0 Å². The van der Waals surface area contributed by atoms with Crippen LogP contribution in [0, 0.1) is 5.82 Å². The molecular formula is C20H26ClFIN3O3S. The largest absolute Gasteiger partial charge is 0.487 e. The molecular weight excluding hydrogens is 544 g/mol. The molecule has 6 nitrogen and oxygen atoms in total. The summed E-state index contributed by atoms with van der Waals surface area (Å²) < 4.78 is 42.6. The first-order chi connectivity index (χ1) is 13.7. The lowest BCUT2D eigenvalue weighted by atomic mass is 10.1. The van der Waals surface area contributed by atoms with E-state index in [2.05, 4.69) is 15.6 Å². The molecule has 0 spiro atoms. The third-order valence-corrected chi connectivity index (χ3v) is 5.13. The van der Waals surface area contributed by atoms with Crippen molar-refractivity contribution >= 4 is 51.4 Å². The van der Waals surface area contributed by atoms with Crippen LogP contribution in [0.3, 0.4) is 0 Å². The van der Waals surface area contributed by atoms with Crippen LogP contribution in [0.25, 0.3) is 0 Å². The lowest BCUT2D eigenvalue weighted by Crippen LogP contribution is -2.41. The number of nitrogens with one attached hydrogen (secondary N) is 2. The monoisotopic (exact) mass is 569 g/mol. The van der Waals surface area contributed by atoms with Gasteiger partial charge in [0.05, 0.1) is 17.3 Å². The average Bonchev–Trinajstić information content (AvgIpc) is 2.64. The van der Waals surface area contributed by atoms with Crippen molar-refractivity contribution in [3.63, 3.8) is 0 Å². The van der Waals surface area contributed by atoms with E-state index in [0.29, 0.717) is 34.4 Å². The minimum atomic E-state index is -3.23. The molecule has 0 aromatic heterocycles. The van der Waals surface area contributed by atoms with E-state index in [4.69, 9.17) is 16.3 Å². The third-order valence-electron chi connectivity index (χ3n) is 3.98. The van der Waals surface area contributed by atoms with Gasteiger partial charge in [0.15, 0.2) is 15.8 Å². The second-order valence-electron chi connectivity index (χ2n) is 6.65. The predicted molar refractivity (Wildman–Crippen MR) is 130 cm³/mol. The fraction of sp³-hybridized carbons (Fsp3) is 0.350. The summed E-state index contributed by atoms with van der Waals surface area (Å²) in [5.74, 6) is 0.494. The van der Waals surface area contributed by atoms with Gasteiger partial charge in [-0.25, -0.2) is 12.8 Å². The summed E-state index contributed by atoms with van der Waals surface area (Å²) in [6, 6.07) is 11.3. The van der Waals surface area contributed by atoms with Crippen LogP contribution in [0.15, 0.2) is 47.5 Å². The van der Waals surface area contributed by atoms with E-state index < -0.39 is 15.7 Å². The molecule has 0 aliphatic rings. The van der Waals surface area contributed by atoms with E-state index >= 15 is 0 Å². The second-order valence-corrected chi connectivity index (χ2v) is 9.20. The topological polar surface area (TPSA) is 79.8 Å². The number of rotatable bonds is 8. The lowest BCUT2D eigenvalue weighted by Gasteiger charge is -2.19. The zero-order valence-electron chi connectivity index (χ0n) is 17.0. The molecule has 0 radical (unpaired) electrons. The minimum Gasteiger partial charge on any atom is -0.487 e. The summed E-state index contributed by atoms with van der Waals surface area (Å²) >= 11 is 6.09. The van der Waals surface area contributed by atoms with Crippen LogP contribution in [-0.2, 0) is 22.1 Å². The first kappa shape index (κ1) is 26.4. The van der Waals surface area contributed by atoms with E-state index in [1.165, 1.54) is 18.2 Å². The van der Waals surface area contributed by atoms with E-state index in [1.54, 1.807) is 19.2 Å². The molecule has 2 rings (SSSR count). The molecule has 1 unspecified atom stereocenters. The highest BCUT2D eigenvalue weighted by Crippen LogP contribution is 2.24. The van der Waals surface area contributed by atoms with Gasteiger partial charge in [-0.05, 0) is 42.3 Å². The van der Waals surface area contributed by atoms with Gasteiger partial charge in [0.2, 0.25) is 0 Å². The summed E-state index contributed by atoms with van der Waals surface area (Å²) in [4.78, 5) is 4.13. The van der Waals surface area contributed by atoms with E-state index in [9.17, 15) is 12.8 Å². The Morgan fingerprint density at radius 1 is 1.20 bits per heavy atom. The molecule has 2 N–H and O–H groups in total. The van der Waals surface area contributed by atoms with Crippen LogP contribution in [0.1, 0.15) is 18.1 Å². The zero-order valence-corrected chi connectivity index (χ0v) is 20.9. The number of guanidine groups is 1. The molecule has 2 aromatic rings. The first-order valence-corrected chi connectivity index (χ1v) is 11.4. The van der Waals surface area contributed by atoms with Gasteiger partial charge in [0.1, 0.15) is 17.7 Å². The molecule has 0 heterocycles. The lowest BCUT2D eigenvalue weighted by molar-refractivity contribution is 0.224. The van der Waals surface area contributed by atoms with Crippen molar-refractivity contribution in [3.8, 4) is 5.75 Å². The highest BCUT2D eigenvalue weighted by atomic mass is 127. The smallest absolute Gasteiger partial charge is 0.191 e. The fourth-order valence-corrected chi connectivity index (χ4v) is 3.65. The third kappa shape index (κ3) is 9.05. The Kier molecular flexibility index (Phi) is 10.9.